The van der Waals surface area contributed by atoms with Crippen molar-refractivity contribution in [2.75, 3.05) is 7.11 Å². The molecule has 1 heterocycles. The van der Waals surface area contributed by atoms with E-state index in [1.807, 2.05) is 30.3 Å². The van der Waals surface area contributed by atoms with Gasteiger partial charge in [-0.15, -0.1) is 0 Å². The zero-order valence-corrected chi connectivity index (χ0v) is 17.3. The van der Waals surface area contributed by atoms with E-state index in [0.717, 1.165) is 46.7 Å². The summed E-state index contributed by atoms with van der Waals surface area (Å²) in [4.78, 5) is 13.1. The van der Waals surface area contributed by atoms with E-state index in [2.05, 4.69) is 42.8 Å². The maximum absolute atomic E-state index is 13.1. The zero-order valence-electron chi connectivity index (χ0n) is 17.3. The van der Waals surface area contributed by atoms with Gasteiger partial charge in [-0.1, -0.05) is 69.5 Å². The van der Waals surface area contributed by atoms with E-state index < -0.39 is 0 Å². The lowest BCUT2D eigenvalue weighted by atomic mass is 9.97. The fraction of sp³-hybridized carbons (Fsp3) is 0.400. The number of nitrogens with zero attached hydrogens (tertiary/aromatic N) is 1. The molecule has 3 aromatic rings. The van der Waals surface area contributed by atoms with Crippen LogP contribution >= 0.6 is 0 Å². The van der Waals surface area contributed by atoms with Crippen molar-refractivity contribution in [2.45, 2.75) is 52.5 Å². The van der Waals surface area contributed by atoms with Crippen LogP contribution in [-0.2, 0) is 13.0 Å². The number of Topliss-reactive ketones (excluding diaryl/α,β-unsaturated/α-hetero) is 1. The van der Waals surface area contributed by atoms with E-state index in [9.17, 15) is 4.79 Å². The molecule has 0 spiro atoms. The van der Waals surface area contributed by atoms with Crippen molar-refractivity contribution in [3.05, 3.63) is 65.9 Å². The maximum Gasteiger partial charge on any atom is 0.169 e. The highest BCUT2D eigenvalue weighted by atomic mass is 16.5. The smallest absolute Gasteiger partial charge is 0.169 e. The van der Waals surface area contributed by atoms with Gasteiger partial charge in [-0.25, -0.2) is 0 Å². The van der Waals surface area contributed by atoms with Gasteiger partial charge in [0.25, 0.3) is 0 Å². The quantitative estimate of drug-likeness (QED) is 0.389. The van der Waals surface area contributed by atoms with Crippen LogP contribution < -0.4 is 4.74 Å². The third-order valence-corrected chi connectivity index (χ3v) is 5.69. The molecule has 3 heteroatoms. The molecule has 0 radical (unpaired) electrons. The second kappa shape index (κ2) is 9.59. The third-order valence-electron chi connectivity index (χ3n) is 5.69. The average molecular weight is 378 g/mol. The second-order valence-electron chi connectivity index (χ2n) is 7.52. The number of benzene rings is 2. The average Bonchev–Trinajstić information content (AvgIpc) is 3.10. The number of aryl methyl sites for hydroxylation is 1. The number of ketones is 1. The Morgan fingerprint density at radius 3 is 2.54 bits per heavy atom. The predicted octanol–water partition coefficient (Wildman–Crippen LogP) is 6.29. The SMILES string of the molecule is CCCC(CC)CCn1cc(C(=O)Cc2ccccc2OC)c2ccccc21. The molecule has 0 N–H and O–H groups in total. The van der Waals surface area contributed by atoms with E-state index >= 15 is 0 Å². The Labute approximate surface area is 168 Å². The van der Waals surface area contributed by atoms with E-state index in [-0.39, 0.29) is 5.78 Å². The number of rotatable bonds is 10. The Balaban J connectivity index is 1.86. The Kier molecular flexibility index (Phi) is 6.91. The van der Waals surface area contributed by atoms with E-state index in [1.54, 1.807) is 7.11 Å². The summed E-state index contributed by atoms with van der Waals surface area (Å²) in [6, 6.07) is 16.0. The van der Waals surface area contributed by atoms with Gasteiger partial charge in [0, 0.05) is 41.2 Å². The number of hydrogen-bond donors (Lipinski definition) is 0. The molecular formula is C25H31NO2. The van der Waals surface area contributed by atoms with Gasteiger partial charge in [0.1, 0.15) is 5.75 Å². The highest BCUT2D eigenvalue weighted by Gasteiger charge is 2.17. The monoisotopic (exact) mass is 377 g/mol. The van der Waals surface area contributed by atoms with Gasteiger partial charge in [-0.05, 0) is 24.5 Å². The first-order valence-corrected chi connectivity index (χ1v) is 10.4. The highest BCUT2D eigenvalue weighted by molar-refractivity contribution is 6.09. The Hall–Kier alpha value is -2.55. The molecule has 1 aromatic heterocycles. The molecule has 2 aromatic carbocycles. The highest BCUT2D eigenvalue weighted by Crippen LogP contribution is 2.26. The number of fused-ring (bicyclic) bond motifs is 1. The normalized spacial score (nSPS) is 12.2. The van der Waals surface area contributed by atoms with E-state index in [1.165, 1.54) is 19.3 Å². The van der Waals surface area contributed by atoms with Gasteiger partial charge in [0.05, 0.1) is 7.11 Å². The van der Waals surface area contributed by atoms with Gasteiger partial charge in [-0.3, -0.25) is 4.79 Å². The summed E-state index contributed by atoms with van der Waals surface area (Å²) in [7, 11) is 1.65. The molecule has 3 nitrogen and oxygen atoms in total. The largest absolute Gasteiger partial charge is 0.496 e. The van der Waals surface area contributed by atoms with Crippen molar-refractivity contribution in [3.8, 4) is 5.75 Å². The first-order valence-electron chi connectivity index (χ1n) is 10.4. The Morgan fingerprint density at radius 2 is 1.79 bits per heavy atom. The van der Waals surface area contributed by atoms with Gasteiger partial charge >= 0.3 is 0 Å². The summed E-state index contributed by atoms with van der Waals surface area (Å²) in [6.45, 7) is 5.49. The fourth-order valence-electron chi connectivity index (χ4n) is 4.05. The second-order valence-corrected chi connectivity index (χ2v) is 7.52. The van der Waals surface area contributed by atoms with Crippen LogP contribution in [0.4, 0.5) is 0 Å². The van der Waals surface area contributed by atoms with Crippen molar-refractivity contribution in [3.63, 3.8) is 0 Å². The summed E-state index contributed by atoms with van der Waals surface area (Å²) >= 11 is 0. The molecule has 0 aliphatic rings. The molecular weight excluding hydrogens is 346 g/mol. The number of carbonyl (C=O) groups is 1. The summed E-state index contributed by atoms with van der Waals surface area (Å²) in [5.41, 5.74) is 2.89. The van der Waals surface area contributed by atoms with Crippen molar-refractivity contribution in [1.82, 2.24) is 4.57 Å². The van der Waals surface area contributed by atoms with Gasteiger partial charge in [0.2, 0.25) is 0 Å². The summed E-state index contributed by atoms with van der Waals surface area (Å²) < 4.78 is 7.68. The standard InChI is InChI=1S/C25H31NO2/c1-4-10-19(5-2)15-16-26-18-22(21-12-7-8-13-23(21)26)24(27)17-20-11-6-9-14-25(20)28-3/h6-9,11-14,18-19H,4-5,10,15-17H2,1-3H3. The first-order chi connectivity index (χ1) is 13.7. The summed E-state index contributed by atoms with van der Waals surface area (Å²) in [6.07, 6.45) is 7.28. The van der Waals surface area contributed by atoms with Crippen molar-refractivity contribution in [1.29, 1.82) is 0 Å². The lowest BCUT2D eigenvalue weighted by Gasteiger charge is -2.14. The topological polar surface area (TPSA) is 31.2 Å². The van der Waals surface area contributed by atoms with Crippen LogP contribution in [0.15, 0.2) is 54.7 Å². The molecule has 0 aliphatic carbocycles. The molecule has 0 saturated heterocycles. The molecule has 1 atom stereocenters. The Bertz CT molecular complexity index is 925. The van der Waals surface area contributed by atoms with Crippen LogP contribution in [0, 0.1) is 5.92 Å². The van der Waals surface area contributed by atoms with Crippen LogP contribution in [0.3, 0.4) is 0 Å². The molecule has 28 heavy (non-hydrogen) atoms. The lowest BCUT2D eigenvalue weighted by molar-refractivity contribution is 0.0993. The molecule has 1 unspecified atom stereocenters. The van der Waals surface area contributed by atoms with E-state index in [0.29, 0.717) is 6.42 Å². The first kappa shape index (κ1) is 20.2. The van der Waals surface area contributed by atoms with Gasteiger partial charge < -0.3 is 9.30 Å². The minimum Gasteiger partial charge on any atom is -0.496 e. The number of carbonyl (C=O) groups excluding carboxylic acids is 1. The third kappa shape index (κ3) is 4.46. The Morgan fingerprint density at radius 1 is 1.04 bits per heavy atom. The van der Waals surface area contributed by atoms with Crippen LogP contribution in [0.2, 0.25) is 0 Å². The molecule has 3 rings (SSSR count). The predicted molar refractivity (Wildman–Crippen MR) is 116 cm³/mol. The molecule has 0 bridgehead atoms. The van der Waals surface area contributed by atoms with Gasteiger partial charge in [-0.2, -0.15) is 0 Å². The summed E-state index contributed by atoms with van der Waals surface area (Å²) in [5.74, 6) is 1.66. The van der Waals surface area contributed by atoms with Crippen LogP contribution in [0.1, 0.15) is 55.5 Å². The van der Waals surface area contributed by atoms with Crippen molar-refractivity contribution in [2.24, 2.45) is 5.92 Å². The summed E-state index contributed by atoms with van der Waals surface area (Å²) in [5, 5.41) is 1.05. The molecule has 0 aliphatic heterocycles. The van der Waals surface area contributed by atoms with Crippen molar-refractivity contribution >= 4 is 16.7 Å². The molecule has 148 valence electrons. The van der Waals surface area contributed by atoms with E-state index in [4.69, 9.17) is 4.74 Å². The van der Waals surface area contributed by atoms with Gasteiger partial charge in [0.15, 0.2) is 5.78 Å². The van der Waals surface area contributed by atoms with Crippen LogP contribution in [0.25, 0.3) is 10.9 Å². The number of methoxy groups -OCH3 is 1. The number of ether oxygens (including phenoxy) is 1. The number of para-hydroxylation sites is 2. The van der Waals surface area contributed by atoms with Crippen LogP contribution in [-0.4, -0.2) is 17.5 Å². The van der Waals surface area contributed by atoms with Crippen molar-refractivity contribution < 1.29 is 9.53 Å². The minimum atomic E-state index is 0.139. The lowest BCUT2D eigenvalue weighted by Crippen LogP contribution is -2.06. The zero-order chi connectivity index (χ0) is 19.9. The molecule has 0 saturated carbocycles. The number of hydrogen-bond acceptors (Lipinski definition) is 2. The minimum absolute atomic E-state index is 0.139. The molecule has 0 amide bonds. The molecule has 0 fully saturated rings. The number of aromatic nitrogens is 1. The fourth-order valence-corrected chi connectivity index (χ4v) is 4.05. The maximum atomic E-state index is 13.1. The van der Waals surface area contributed by atoms with Crippen LogP contribution in [0.5, 0.6) is 5.75 Å².